The van der Waals surface area contributed by atoms with Crippen LogP contribution in [0.4, 0.5) is 10.1 Å². The van der Waals surface area contributed by atoms with Crippen LogP contribution >= 0.6 is 11.3 Å². The molecule has 1 saturated heterocycles. The quantitative estimate of drug-likeness (QED) is 0.437. The number of nitrogens with zero attached hydrogens (tertiary/aromatic N) is 3. The van der Waals surface area contributed by atoms with E-state index >= 15 is 0 Å². The number of hydrogen-bond donors (Lipinski definition) is 0. The molecule has 3 heterocycles. The number of aryl methyl sites for hydroxylation is 1. The van der Waals surface area contributed by atoms with E-state index in [0.717, 1.165) is 23.7 Å². The molecule has 1 aliphatic heterocycles. The predicted molar refractivity (Wildman–Crippen MR) is 124 cm³/mol. The second-order valence-electron chi connectivity index (χ2n) is 7.76. The lowest BCUT2D eigenvalue weighted by Crippen LogP contribution is -2.49. The molecular weight excluding hydrogens is 409 g/mol. The summed E-state index contributed by atoms with van der Waals surface area (Å²) in [7, 11) is 0. The number of pyridine rings is 1. The average molecular weight is 432 g/mol. The molecule has 0 bridgehead atoms. The minimum absolute atomic E-state index is 0.0692. The van der Waals surface area contributed by atoms with Crippen LogP contribution in [0.5, 0.6) is 0 Å². The Balaban J connectivity index is 1.46. The Labute approximate surface area is 184 Å². The second-order valence-corrected chi connectivity index (χ2v) is 8.71. The van der Waals surface area contributed by atoms with Gasteiger partial charge in [-0.15, -0.1) is 11.3 Å². The Hall–Kier alpha value is -3.25. The third-order valence-electron chi connectivity index (χ3n) is 5.80. The first-order valence-corrected chi connectivity index (χ1v) is 11.2. The number of amides is 1. The summed E-state index contributed by atoms with van der Waals surface area (Å²) >= 11 is 1.57. The first kappa shape index (κ1) is 19.7. The van der Waals surface area contributed by atoms with E-state index in [2.05, 4.69) is 28.9 Å². The molecule has 156 valence electrons. The molecule has 0 atom stereocenters. The molecule has 2 aromatic carbocycles. The van der Waals surface area contributed by atoms with Crippen LogP contribution < -0.4 is 4.90 Å². The molecule has 2 aromatic heterocycles. The van der Waals surface area contributed by atoms with Gasteiger partial charge in [-0.05, 0) is 54.3 Å². The minimum atomic E-state index is -0.364. The number of para-hydroxylation sites is 1. The molecule has 0 N–H and O–H groups in total. The third kappa shape index (κ3) is 3.79. The van der Waals surface area contributed by atoms with Crippen molar-refractivity contribution >= 4 is 33.8 Å². The summed E-state index contributed by atoms with van der Waals surface area (Å²) in [5, 5.41) is 2.55. The van der Waals surface area contributed by atoms with Crippen molar-refractivity contribution in [1.29, 1.82) is 0 Å². The highest BCUT2D eigenvalue weighted by molar-refractivity contribution is 7.13. The van der Waals surface area contributed by atoms with Gasteiger partial charge in [-0.2, -0.15) is 0 Å². The number of carbonyl (C=O) groups excluding carboxylic acids is 1. The number of halogens is 1. The van der Waals surface area contributed by atoms with Crippen molar-refractivity contribution in [2.24, 2.45) is 0 Å². The van der Waals surface area contributed by atoms with Crippen LogP contribution in [0.2, 0.25) is 0 Å². The summed E-state index contributed by atoms with van der Waals surface area (Å²) in [6, 6.07) is 18.5. The average Bonchev–Trinajstić information content (AvgIpc) is 3.33. The van der Waals surface area contributed by atoms with Crippen molar-refractivity contribution in [2.45, 2.75) is 6.92 Å². The molecule has 6 heteroatoms. The molecule has 4 aromatic rings. The minimum Gasteiger partial charge on any atom is -0.368 e. The summed E-state index contributed by atoms with van der Waals surface area (Å²) < 4.78 is 14.0. The number of aromatic nitrogens is 1. The van der Waals surface area contributed by atoms with Gasteiger partial charge in [0, 0.05) is 37.3 Å². The molecule has 0 saturated carbocycles. The number of benzene rings is 2. The lowest BCUT2D eigenvalue weighted by molar-refractivity contribution is 0.0748. The normalized spacial score (nSPS) is 14.3. The van der Waals surface area contributed by atoms with E-state index in [4.69, 9.17) is 0 Å². The van der Waals surface area contributed by atoms with Gasteiger partial charge in [0.1, 0.15) is 5.82 Å². The fourth-order valence-corrected chi connectivity index (χ4v) is 4.85. The Bertz CT molecular complexity index is 1250. The zero-order valence-corrected chi connectivity index (χ0v) is 18.0. The van der Waals surface area contributed by atoms with E-state index in [1.807, 2.05) is 40.6 Å². The van der Waals surface area contributed by atoms with Gasteiger partial charge in [-0.3, -0.25) is 4.79 Å². The lowest BCUT2D eigenvalue weighted by atomic mass is 10.0. The Kier molecular flexibility index (Phi) is 5.16. The largest absolute Gasteiger partial charge is 0.368 e. The van der Waals surface area contributed by atoms with E-state index < -0.39 is 0 Å². The standard InChI is InChI=1S/C25H22FN3OS/c1-17-5-2-3-6-23(17)28-10-12-29(13-11-28)25(30)20-16-22(24-7-4-14-31-24)27-21-9-8-18(26)15-19(20)21/h2-9,14-16H,10-13H2,1H3. The van der Waals surface area contributed by atoms with Gasteiger partial charge < -0.3 is 9.80 Å². The molecule has 0 unspecified atom stereocenters. The summed E-state index contributed by atoms with van der Waals surface area (Å²) in [4.78, 5) is 23.4. The highest BCUT2D eigenvalue weighted by Crippen LogP contribution is 2.29. The molecule has 4 nitrogen and oxygen atoms in total. The predicted octanol–water partition coefficient (Wildman–Crippen LogP) is 5.37. The van der Waals surface area contributed by atoms with Gasteiger partial charge in [-0.1, -0.05) is 24.3 Å². The van der Waals surface area contributed by atoms with Crippen LogP contribution in [-0.4, -0.2) is 42.0 Å². The zero-order valence-electron chi connectivity index (χ0n) is 17.2. The van der Waals surface area contributed by atoms with Crippen LogP contribution in [0.15, 0.2) is 66.0 Å². The van der Waals surface area contributed by atoms with Crippen LogP contribution in [0.25, 0.3) is 21.5 Å². The maximum atomic E-state index is 14.0. The summed E-state index contributed by atoms with van der Waals surface area (Å²) in [5.41, 5.74) is 4.34. The zero-order chi connectivity index (χ0) is 21.4. The molecule has 1 aliphatic rings. The van der Waals surface area contributed by atoms with E-state index in [1.165, 1.54) is 23.4 Å². The molecule has 1 fully saturated rings. The van der Waals surface area contributed by atoms with Gasteiger partial charge in [0.05, 0.1) is 21.7 Å². The van der Waals surface area contributed by atoms with Crippen molar-refractivity contribution in [3.05, 3.63) is 83.0 Å². The van der Waals surface area contributed by atoms with Crippen LogP contribution in [0.3, 0.4) is 0 Å². The van der Waals surface area contributed by atoms with Crippen molar-refractivity contribution in [3.8, 4) is 10.6 Å². The van der Waals surface area contributed by atoms with Crippen molar-refractivity contribution in [1.82, 2.24) is 9.88 Å². The fourth-order valence-electron chi connectivity index (χ4n) is 4.16. The molecule has 0 aliphatic carbocycles. The number of piperazine rings is 1. The van der Waals surface area contributed by atoms with Gasteiger partial charge in [0.2, 0.25) is 0 Å². The van der Waals surface area contributed by atoms with E-state index in [9.17, 15) is 9.18 Å². The Morgan fingerprint density at radius 2 is 1.81 bits per heavy atom. The SMILES string of the molecule is Cc1ccccc1N1CCN(C(=O)c2cc(-c3cccs3)nc3ccc(F)cc23)CC1. The van der Waals surface area contributed by atoms with Crippen LogP contribution in [0.1, 0.15) is 15.9 Å². The first-order chi connectivity index (χ1) is 15.1. The smallest absolute Gasteiger partial charge is 0.254 e. The topological polar surface area (TPSA) is 36.4 Å². The lowest BCUT2D eigenvalue weighted by Gasteiger charge is -2.37. The molecule has 0 radical (unpaired) electrons. The van der Waals surface area contributed by atoms with E-state index in [1.54, 1.807) is 17.4 Å². The molecule has 5 rings (SSSR count). The molecular formula is C25H22FN3OS. The third-order valence-corrected chi connectivity index (χ3v) is 6.69. The number of hydrogen-bond acceptors (Lipinski definition) is 4. The number of carbonyl (C=O) groups is 1. The summed E-state index contributed by atoms with van der Waals surface area (Å²) in [6.45, 7) is 4.90. The summed E-state index contributed by atoms with van der Waals surface area (Å²) in [6.07, 6.45) is 0. The van der Waals surface area contributed by atoms with Gasteiger partial charge in [0.25, 0.3) is 5.91 Å². The van der Waals surface area contributed by atoms with Gasteiger partial charge in [-0.25, -0.2) is 9.37 Å². The van der Waals surface area contributed by atoms with Crippen LogP contribution in [0, 0.1) is 12.7 Å². The highest BCUT2D eigenvalue weighted by atomic mass is 32.1. The van der Waals surface area contributed by atoms with E-state index in [-0.39, 0.29) is 11.7 Å². The maximum Gasteiger partial charge on any atom is 0.254 e. The molecule has 0 spiro atoms. The number of anilines is 1. The number of rotatable bonds is 3. The van der Waals surface area contributed by atoms with Gasteiger partial charge >= 0.3 is 0 Å². The number of fused-ring (bicyclic) bond motifs is 1. The van der Waals surface area contributed by atoms with E-state index in [0.29, 0.717) is 29.6 Å². The fraction of sp³-hybridized carbons (Fsp3) is 0.200. The monoisotopic (exact) mass is 431 g/mol. The van der Waals surface area contributed by atoms with Crippen molar-refractivity contribution < 1.29 is 9.18 Å². The number of thiophene rings is 1. The Morgan fingerprint density at radius 3 is 2.55 bits per heavy atom. The van der Waals surface area contributed by atoms with Crippen molar-refractivity contribution in [2.75, 3.05) is 31.1 Å². The van der Waals surface area contributed by atoms with Gasteiger partial charge in [0.15, 0.2) is 0 Å². The highest BCUT2D eigenvalue weighted by Gasteiger charge is 2.25. The first-order valence-electron chi connectivity index (χ1n) is 10.3. The second kappa shape index (κ2) is 8.12. The Morgan fingerprint density at radius 1 is 1.00 bits per heavy atom. The van der Waals surface area contributed by atoms with Crippen LogP contribution in [-0.2, 0) is 0 Å². The maximum absolute atomic E-state index is 14.0. The molecule has 1 amide bonds. The summed E-state index contributed by atoms with van der Waals surface area (Å²) in [5.74, 6) is -0.433. The molecule has 31 heavy (non-hydrogen) atoms. The van der Waals surface area contributed by atoms with Crippen molar-refractivity contribution in [3.63, 3.8) is 0 Å².